The lowest BCUT2D eigenvalue weighted by atomic mass is 9.53. The van der Waals surface area contributed by atoms with E-state index in [1.807, 2.05) is 10.9 Å². The number of benzene rings is 1. The molecule has 174 valence electrons. The summed E-state index contributed by atoms with van der Waals surface area (Å²) >= 11 is 0. The molecule has 1 aromatic carbocycles. The summed E-state index contributed by atoms with van der Waals surface area (Å²) in [4.78, 5) is 7.80. The fourth-order valence-corrected chi connectivity index (χ4v) is 8.06. The van der Waals surface area contributed by atoms with E-state index >= 15 is 0 Å². The number of rotatable bonds is 5. The van der Waals surface area contributed by atoms with Crippen molar-refractivity contribution in [1.82, 2.24) is 24.2 Å². The van der Waals surface area contributed by atoms with Crippen molar-refractivity contribution < 1.29 is 4.74 Å². The van der Waals surface area contributed by atoms with Crippen LogP contribution in [0.1, 0.15) is 49.9 Å². The van der Waals surface area contributed by atoms with Gasteiger partial charge in [-0.2, -0.15) is 5.10 Å². The molecule has 5 fully saturated rings. The van der Waals surface area contributed by atoms with Crippen LogP contribution in [-0.2, 0) is 23.4 Å². The molecule has 6 heteroatoms. The summed E-state index contributed by atoms with van der Waals surface area (Å²) in [6.07, 6.45) is 12.7. The minimum absolute atomic E-state index is 0.176. The van der Waals surface area contributed by atoms with Crippen molar-refractivity contribution in [3.05, 3.63) is 48.0 Å². The van der Waals surface area contributed by atoms with Crippen molar-refractivity contribution in [2.75, 3.05) is 19.7 Å². The first-order valence-electron chi connectivity index (χ1n) is 12.9. The number of aryl methyl sites for hydroxylation is 1. The van der Waals surface area contributed by atoms with Gasteiger partial charge in [-0.05, 0) is 80.9 Å². The molecule has 4 bridgehead atoms. The molecule has 1 atom stereocenters. The van der Waals surface area contributed by atoms with Crippen molar-refractivity contribution in [1.29, 1.82) is 0 Å². The third kappa shape index (κ3) is 3.53. The molecule has 4 saturated carbocycles. The monoisotopic (exact) mass is 445 g/mol. The Balaban J connectivity index is 1.19. The van der Waals surface area contributed by atoms with Crippen LogP contribution in [0.5, 0.6) is 0 Å². The number of hydrogen-bond donors (Lipinski definition) is 0. The van der Waals surface area contributed by atoms with E-state index in [-0.39, 0.29) is 6.10 Å². The average Bonchev–Trinajstić information content (AvgIpc) is 3.36. The zero-order valence-electron chi connectivity index (χ0n) is 19.7. The summed E-state index contributed by atoms with van der Waals surface area (Å²) in [5.74, 6) is 4.05. The number of para-hydroxylation sites is 2. The Labute approximate surface area is 195 Å². The van der Waals surface area contributed by atoms with Crippen LogP contribution < -0.4 is 0 Å². The van der Waals surface area contributed by atoms with Crippen LogP contribution in [0.4, 0.5) is 0 Å². The summed E-state index contributed by atoms with van der Waals surface area (Å²) in [5, 5.41) is 4.47. The van der Waals surface area contributed by atoms with Crippen LogP contribution in [-0.4, -0.2) is 50.0 Å². The first-order chi connectivity index (χ1) is 16.1. The van der Waals surface area contributed by atoms with Crippen LogP contribution in [0.15, 0.2) is 36.7 Å². The quantitative estimate of drug-likeness (QED) is 0.585. The van der Waals surface area contributed by atoms with Gasteiger partial charge in [-0.15, -0.1) is 0 Å². The van der Waals surface area contributed by atoms with Crippen molar-refractivity contribution in [3.63, 3.8) is 0 Å². The highest BCUT2D eigenvalue weighted by Gasteiger charge is 2.52. The molecule has 1 aliphatic heterocycles. The molecular formula is C27H35N5O. The Morgan fingerprint density at radius 1 is 1.06 bits per heavy atom. The van der Waals surface area contributed by atoms with Gasteiger partial charge in [0, 0.05) is 24.8 Å². The number of imidazole rings is 1. The van der Waals surface area contributed by atoms with Crippen molar-refractivity contribution in [2.45, 2.75) is 70.2 Å². The summed E-state index contributed by atoms with van der Waals surface area (Å²) in [6.45, 7) is 6.50. The smallest absolute Gasteiger partial charge is 0.124 e. The molecular weight excluding hydrogens is 410 g/mol. The fourth-order valence-electron chi connectivity index (χ4n) is 8.06. The number of hydrogen-bond acceptors (Lipinski definition) is 4. The molecule has 0 radical (unpaired) electrons. The molecule has 8 rings (SSSR count). The molecule has 0 amide bonds. The van der Waals surface area contributed by atoms with E-state index in [1.165, 1.54) is 60.9 Å². The predicted octanol–water partition coefficient (Wildman–Crippen LogP) is 4.37. The van der Waals surface area contributed by atoms with Gasteiger partial charge in [0.05, 0.1) is 43.0 Å². The van der Waals surface area contributed by atoms with Crippen LogP contribution in [0, 0.1) is 24.7 Å². The predicted molar refractivity (Wildman–Crippen MR) is 128 cm³/mol. The molecule has 0 N–H and O–H groups in total. The maximum Gasteiger partial charge on any atom is 0.124 e. The van der Waals surface area contributed by atoms with Gasteiger partial charge in [0.15, 0.2) is 0 Å². The highest BCUT2D eigenvalue weighted by atomic mass is 16.5. The highest BCUT2D eigenvalue weighted by Crippen LogP contribution is 2.59. The largest absolute Gasteiger partial charge is 0.374 e. The van der Waals surface area contributed by atoms with Crippen molar-refractivity contribution >= 4 is 11.0 Å². The van der Waals surface area contributed by atoms with E-state index in [0.717, 1.165) is 50.5 Å². The maximum absolute atomic E-state index is 6.12. The average molecular weight is 446 g/mol. The lowest BCUT2D eigenvalue weighted by Gasteiger charge is -2.57. The second kappa shape index (κ2) is 7.67. The molecule has 5 aliphatic rings. The number of nitrogens with zero attached hydrogens (tertiary/aromatic N) is 5. The number of fused-ring (bicyclic) bond motifs is 1. The molecule has 3 aromatic rings. The number of aromatic nitrogens is 4. The fraction of sp³-hybridized carbons (Fsp3) is 0.630. The summed E-state index contributed by atoms with van der Waals surface area (Å²) in [6, 6.07) is 8.85. The minimum Gasteiger partial charge on any atom is -0.374 e. The topological polar surface area (TPSA) is 48.1 Å². The zero-order valence-corrected chi connectivity index (χ0v) is 19.7. The van der Waals surface area contributed by atoms with Crippen LogP contribution in [0.2, 0.25) is 0 Å². The van der Waals surface area contributed by atoms with Gasteiger partial charge in [-0.3, -0.25) is 9.58 Å². The molecule has 2 aromatic heterocycles. The Morgan fingerprint density at radius 2 is 1.82 bits per heavy atom. The lowest BCUT2D eigenvalue weighted by molar-refractivity contribution is -0.0506. The first-order valence-corrected chi connectivity index (χ1v) is 12.9. The zero-order chi connectivity index (χ0) is 22.0. The molecule has 33 heavy (non-hydrogen) atoms. The molecule has 6 nitrogen and oxygen atoms in total. The third-order valence-corrected chi connectivity index (χ3v) is 8.85. The van der Waals surface area contributed by atoms with E-state index in [2.05, 4.69) is 52.0 Å². The Morgan fingerprint density at radius 3 is 2.55 bits per heavy atom. The molecule has 4 aliphatic carbocycles. The molecule has 0 spiro atoms. The van der Waals surface area contributed by atoms with Crippen LogP contribution >= 0.6 is 0 Å². The first kappa shape index (κ1) is 20.2. The van der Waals surface area contributed by atoms with E-state index in [9.17, 15) is 0 Å². The second-order valence-corrected chi connectivity index (χ2v) is 11.5. The van der Waals surface area contributed by atoms with Gasteiger partial charge in [0.2, 0.25) is 0 Å². The van der Waals surface area contributed by atoms with Gasteiger partial charge < -0.3 is 9.30 Å². The van der Waals surface area contributed by atoms with Gasteiger partial charge in [0.1, 0.15) is 5.82 Å². The minimum atomic E-state index is 0.176. The van der Waals surface area contributed by atoms with Crippen molar-refractivity contribution in [2.24, 2.45) is 17.8 Å². The lowest BCUT2D eigenvalue weighted by Crippen LogP contribution is -2.52. The molecule has 1 saturated heterocycles. The SMILES string of the molecule is Cc1cnn(CC2CN(Cc3nc4ccccc4n3C34CC5CC(CC(C5)C3)C4)CCO2)c1. The van der Waals surface area contributed by atoms with Crippen molar-refractivity contribution in [3.8, 4) is 0 Å². The van der Waals surface area contributed by atoms with E-state index in [1.54, 1.807) is 0 Å². The van der Waals surface area contributed by atoms with Gasteiger partial charge in [-0.1, -0.05) is 12.1 Å². The summed E-state index contributed by atoms with van der Waals surface area (Å²) < 4.78 is 10.9. The second-order valence-electron chi connectivity index (χ2n) is 11.5. The number of morpholine rings is 1. The molecule has 3 heterocycles. The third-order valence-electron chi connectivity index (χ3n) is 8.85. The van der Waals surface area contributed by atoms with Gasteiger partial charge in [-0.25, -0.2) is 4.98 Å². The summed E-state index contributed by atoms with van der Waals surface area (Å²) in [5.41, 5.74) is 4.01. The van der Waals surface area contributed by atoms with Gasteiger partial charge >= 0.3 is 0 Å². The van der Waals surface area contributed by atoms with Gasteiger partial charge in [0.25, 0.3) is 0 Å². The molecule has 1 unspecified atom stereocenters. The Hall–Kier alpha value is -2.18. The van der Waals surface area contributed by atoms with Crippen LogP contribution in [0.3, 0.4) is 0 Å². The van der Waals surface area contributed by atoms with E-state index < -0.39 is 0 Å². The maximum atomic E-state index is 6.12. The van der Waals surface area contributed by atoms with E-state index in [0.29, 0.717) is 5.54 Å². The Kier molecular flexibility index (Phi) is 4.70. The Bertz CT molecular complexity index is 1130. The number of ether oxygens (including phenoxy) is 1. The summed E-state index contributed by atoms with van der Waals surface area (Å²) in [7, 11) is 0. The normalized spacial score (nSPS) is 33.8. The highest BCUT2D eigenvalue weighted by molar-refractivity contribution is 5.76. The standard InChI is InChI=1S/C27H35N5O/c1-19-14-28-31(15-19)17-23-16-30(6-7-33-23)18-26-29-24-4-2-3-5-25(24)32(26)27-11-20-8-21(12-27)10-22(9-20)13-27/h2-5,14-15,20-23H,6-13,16-18H2,1H3. The van der Waals surface area contributed by atoms with E-state index in [4.69, 9.17) is 9.72 Å². The van der Waals surface area contributed by atoms with Crippen LogP contribution in [0.25, 0.3) is 11.0 Å².